The second-order valence-electron chi connectivity index (χ2n) is 4.66. The summed E-state index contributed by atoms with van der Waals surface area (Å²) in [6, 6.07) is 0. The number of carbonyl (C=O) groups excluding carboxylic acids is 1. The monoisotopic (exact) mass is 304 g/mol. The Bertz CT molecular complexity index is 233. The van der Waals surface area contributed by atoms with Gasteiger partial charge in [-0.2, -0.15) is 0 Å². The van der Waals surface area contributed by atoms with E-state index in [1.165, 1.54) is 16.9 Å². The fourth-order valence-electron chi connectivity index (χ4n) is 1.79. The average molecular weight is 304 g/mol. The molecule has 3 unspecified atom stereocenters. The van der Waals surface area contributed by atoms with Gasteiger partial charge in [0.25, 0.3) is 0 Å². The van der Waals surface area contributed by atoms with Gasteiger partial charge in [-0.3, -0.25) is 0 Å². The molecule has 0 bridgehead atoms. The molecule has 1 N–H and O–H groups in total. The van der Waals surface area contributed by atoms with Crippen LogP contribution in [0, 0.1) is 5.92 Å². The molecule has 17 heavy (non-hydrogen) atoms. The second kappa shape index (κ2) is 8.12. The number of morpholine rings is 1. The second-order valence-corrected chi connectivity index (χ2v) is 6.16. The van der Waals surface area contributed by atoms with Crippen molar-refractivity contribution in [3.63, 3.8) is 0 Å². The van der Waals surface area contributed by atoms with E-state index in [1.54, 1.807) is 0 Å². The molecule has 4 nitrogen and oxygen atoms in total. The molecular weight excluding hydrogens is 279 g/mol. The minimum absolute atomic E-state index is 0.178. The summed E-state index contributed by atoms with van der Waals surface area (Å²) < 4.78 is 5.46. The van der Waals surface area contributed by atoms with E-state index in [-0.39, 0.29) is 10.6 Å². The Morgan fingerprint density at radius 3 is 2.71 bits per heavy atom. The van der Waals surface area contributed by atoms with Gasteiger partial charge in [-0.15, -0.1) is 0 Å². The molecule has 0 saturated carbocycles. The van der Waals surface area contributed by atoms with Crippen molar-refractivity contribution >= 4 is 22.8 Å². The quantitative estimate of drug-likeness (QED) is 0.697. The van der Waals surface area contributed by atoms with E-state index in [9.17, 15) is 4.79 Å². The molecular formula is C12H25AsN2O2. The summed E-state index contributed by atoms with van der Waals surface area (Å²) in [6.45, 7) is 9.60. The zero-order chi connectivity index (χ0) is 12.7. The number of hydrogen-bond acceptors (Lipinski definition) is 3. The van der Waals surface area contributed by atoms with Crippen LogP contribution in [0.3, 0.4) is 0 Å². The minimum atomic E-state index is 0.178. The van der Waals surface area contributed by atoms with Crippen LogP contribution >= 0.6 is 0 Å². The molecule has 0 aromatic heterocycles. The third-order valence-electron chi connectivity index (χ3n) is 3.39. The maximum absolute atomic E-state index is 11.8. The van der Waals surface area contributed by atoms with Crippen LogP contribution in [-0.4, -0.2) is 67.1 Å². The summed E-state index contributed by atoms with van der Waals surface area (Å²) in [6.07, 6.45) is 1.07. The van der Waals surface area contributed by atoms with Gasteiger partial charge in [-0.1, -0.05) is 0 Å². The van der Waals surface area contributed by atoms with Gasteiger partial charge in [-0.05, 0) is 0 Å². The van der Waals surface area contributed by atoms with Crippen LogP contribution < -0.4 is 5.32 Å². The summed E-state index contributed by atoms with van der Waals surface area (Å²) in [5, 5.41) is 3.04. The van der Waals surface area contributed by atoms with Crippen LogP contribution in [0.15, 0.2) is 0 Å². The SMILES string of the molecule is CCC(C)C([AsH2])C(=O)NCCN1CCOCC1. The maximum atomic E-state index is 11.8. The molecule has 1 amide bonds. The summed E-state index contributed by atoms with van der Waals surface area (Å²) in [4.78, 5) is 14.2. The Morgan fingerprint density at radius 1 is 1.47 bits per heavy atom. The standard InChI is InChI=1S/C12H25AsN2O2/c1-3-10(2)11(13)12(16)14-4-5-15-6-8-17-9-7-15/h10-11H,3-9,13H2,1-2H3,(H,14,16). The zero-order valence-electron chi connectivity index (χ0n) is 10.9. The fourth-order valence-corrected chi connectivity index (χ4v) is 2.61. The van der Waals surface area contributed by atoms with Crippen molar-refractivity contribution in [3.05, 3.63) is 0 Å². The van der Waals surface area contributed by atoms with E-state index >= 15 is 0 Å². The predicted molar refractivity (Wildman–Crippen MR) is 72.0 cm³/mol. The summed E-state index contributed by atoms with van der Waals surface area (Å²) in [5.74, 6) is 0.700. The number of ether oxygens (including phenoxy) is 1. The Hall–Kier alpha value is -0.0516. The third-order valence-corrected chi connectivity index (χ3v) is 5.40. The number of amides is 1. The van der Waals surface area contributed by atoms with Crippen LogP contribution in [0.1, 0.15) is 20.3 Å². The van der Waals surface area contributed by atoms with Gasteiger partial charge in [0.05, 0.1) is 0 Å². The van der Waals surface area contributed by atoms with Crippen molar-refractivity contribution in [2.24, 2.45) is 5.92 Å². The van der Waals surface area contributed by atoms with Gasteiger partial charge in [0.2, 0.25) is 0 Å². The summed E-state index contributed by atoms with van der Waals surface area (Å²) in [7, 11) is 0. The van der Waals surface area contributed by atoms with Crippen molar-refractivity contribution in [2.75, 3.05) is 39.4 Å². The number of nitrogens with one attached hydrogen (secondary N) is 1. The molecule has 0 radical (unpaired) electrons. The Morgan fingerprint density at radius 2 is 2.12 bits per heavy atom. The molecule has 100 valence electrons. The third kappa shape index (κ3) is 5.41. The number of nitrogens with zero attached hydrogens (tertiary/aromatic N) is 1. The van der Waals surface area contributed by atoms with Gasteiger partial charge in [0.15, 0.2) is 0 Å². The van der Waals surface area contributed by atoms with E-state index in [1.807, 2.05) is 0 Å². The van der Waals surface area contributed by atoms with Crippen LogP contribution in [0.5, 0.6) is 0 Å². The van der Waals surface area contributed by atoms with Crippen molar-refractivity contribution in [3.8, 4) is 0 Å². The number of carbonyl (C=O) groups is 1. The molecule has 0 aromatic carbocycles. The van der Waals surface area contributed by atoms with Gasteiger partial charge < -0.3 is 0 Å². The summed E-state index contributed by atoms with van der Waals surface area (Å²) in [5.41, 5.74) is 0. The molecule has 0 aromatic rings. The van der Waals surface area contributed by atoms with Crippen molar-refractivity contribution < 1.29 is 9.53 Å². The van der Waals surface area contributed by atoms with Gasteiger partial charge >= 0.3 is 113 Å². The van der Waals surface area contributed by atoms with Gasteiger partial charge in [0, 0.05) is 0 Å². The Kier molecular flexibility index (Phi) is 7.17. The average Bonchev–Trinajstić information content (AvgIpc) is 2.38. The van der Waals surface area contributed by atoms with Crippen molar-refractivity contribution in [1.29, 1.82) is 0 Å². The van der Waals surface area contributed by atoms with E-state index in [2.05, 4.69) is 24.1 Å². The van der Waals surface area contributed by atoms with Crippen LogP contribution in [-0.2, 0) is 9.53 Å². The molecule has 1 fully saturated rings. The molecule has 1 heterocycles. The van der Waals surface area contributed by atoms with E-state index in [4.69, 9.17) is 4.74 Å². The number of rotatable bonds is 6. The molecule has 1 saturated heterocycles. The van der Waals surface area contributed by atoms with Crippen LogP contribution in [0.25, 0.3) is 0 Å². The topological polar surface area (TPSA) is 41.6 Å². The first kappa shape index (κ1) is 15.0. The molecule has 0 aliphatic carbocycles. The predicted octanol–water partition coefficient (Wildman–Crippen LogP) is -0.0975. The zero-order valence-corrected chi connectivity index (χ0v) is 13.4. The van der Waals surface area contributed by atoms with Crippen LogP contribution in [0.2, 0.25) is 4.71 Å². The molecule has 1 rings (SSSR count). The van der Waals surface area contributed by atoms with Crippen LogP contribution in [0.4, 0.5) is 0 Å². The first-order chi connectivity index (χ1) is 8.15. The normalized spacial score (nSPS) is 20.9. The van der Waals surface area contributed by atoms with Gasteiger partial charge in [-0.25, -0.2) is 0 Å². The van der Waals surface area contributed by atoms with E-state index in [0.717, 1.165) is 45.8 Å². The Balaban J connectivity index is 2.14. The molecule has 0 spiro atoms. The molecule has 3 atom stereocenters. The fraction of sp³-hybridized carbons (Fsp3) is 0.917. The molecule has 1 aliphatic rings. The first-order valence-electron chi connectivity index (χ1n) is 6.48. The molecule has 1 aliphatic heterocycles. The van der Waals surface area contributed by atoms with E-state index in [0.29, 0.717) is 5.92 Å². The van der Waals surface area contributed by atoms with Gasteiger partial charge in [0.1, 0.15) is 0 Å². The van der Waals surface area contributed by atoms with Crippen molar-refractivity contribution in [2.45, 2.75) is 25.0 Å². The Labute approximate surface area is 113 Å². The number of hydrogen-bond donors (Lipinski definition) is 1. The molecule has 5 heteroatoms. The first-order valence-corrected chi connectivity index (χ1v) is 7.88. The summed E-state index contributed by atoms with van der Waals surface area (Å²) >= 11 is 1.53. The van der Waals surface area contributed by atoms with E-state index < -0.39 is 0 Å². The van der Waals surface area contributed by atoms with Crippen molar-refractivity contribution in [1.82, 2.24) is 10.2 Å².